The highest BCUT2D eigenvalue weighted by atomic mass is 32.1. The van der Waals surface area contributed by atoms with Gasteiger partial charge in [0.2, 0.25) is 0 Å². The lowest BCUT2D eigenvalue weighted by Gasteiger charge is -2.35. The van der Waals surface area contributed by atoms with Crippen molar-refractivity contribution >= 4 is 28.3 Å². The molecule has 7 nitrogen and oxygen atoms in total. The van der Waals surface area contributed by atoms with Crippen molar-refractivity contribution in [3.8, 4) is 17.0 Å². The number of piperidine rings is 2. The first-order valence-electron chi connectivity index (χ1n) is 14.4. The number of carboxylic acid groups (broad SMARTS) is 1. The third kappa shape index (κ3) is 5.21. The maximum Gasteiger partial charge on any atom is 0.307 e. The molecular formula is C32H37N3O4S. The fourth-order valence-electron chi connectivity index (χ4n) is 6.78. The molecular weight excluding hydrogens is 522 g/mol. The van der Waals surface area contributed by atoms with E-state index in [0.717, 1.165) is 96.3 Å². The van der Waals surface area contributed by atoms with Gasteiger partial charge in [-0.2, -0.15) is 0 Å². The van der Waals surface area contributed by atoms with Gasteiger partial charge in [0.1, 0.15) is 12.4 Å². The molecule has 0 spiro atoms. The third-order valence-corrected chi connectivity index (χ3v) is 9.88. The minimum absolute atomic E-state index is 0.121. The Morgan fingerprint density at radius 1 is 1.02 bits per heavy atom. The van der Waals surface area contributed by atoms with Crippen molar-refractivity contribution in [3.05, 3.63) is 64.0 Å². The Morgan fingerprint density at radius 3 is 2.48 bits per heavy atom. The summed E-state index contributed by atoms with van der Waals surface area (Å²) in [6.07, 6.45) is 5.34. The number of para-hydroxylation sites is 1. The molecule has 2 bridgehead atoms. The summed E-state index contributed by atoms with van der Waals surface area (Å²) in [4.78, 5) is 33.9. The van der Waals surface area contributed by atoms with Crippen LogP contribution in [-0.2, 0) is 11.4 Å². The van der Waals surface area contributed by atoms with Gasteiger partial charge >= 0.3 is 5.97 Å². The van der Waals surface area contributed by atoms with Crippen molar-refractivity contribution in [1.29, 1.82) is 0 Å². The van der Waals surface area contributed by atoms with Crippen LogP contribution in [0.5, 0.6) is 5.75 Å². The van der Waals surface area contributed by atoms with Crippen LogP contribution >= 0.6 is 11.3 Å². The number of thiazole rings is 1. The number of hydrogen-bond acceptors (Lipinski definition) is 6. The summed E-state index contributed by atoms with van der Waals surface area (Å²) in [7, 11) is 0. The summed E-state index contributed by atoms with van der Waals surface area (Å²) < 4.78 is 6.44. The topological polar surface area (TPSA) is 83.0 Å². The maximum atomic E-state index is 12.9. The zero-order chi connectivity index (χ0) is 27.8. The first-order valence-corrected chi connectivity index (χ1v) is 15.3. The number of aromatic nitrogens is 1. The van der Waals surface area contributed by atoms with E-state index in [9.17, 15) is 14.7 Å². The normalized spacial score (nSPS) is 22.4. The highest BCUT2D eigenvalue weighted by Crippen LogP contribution is 2.44. The molecule has 3 aromatic rings. The molecule has 1 amide bonds. The monoisotopic (exact) mass is 559 g/mol. The van der Waals surface area contributed by atoms with Gasteiger partial charge in [-0.1, -0.05) is 18.2 Å². The van der Waals surface area contributed by atoms with Crippen LogP contribution < -0.4 is 9.64 Å². The number of anilines is 1. The molecule has 3 atom stereocenters. The quantitative estimate of drug-likeness (QED) is 0.372. The molecule has 2 aromatic carbocycles. The fraction of sp³-hybridized carbons (Fsp3) is 0.469. The Morgan fingerprint density at radius 2 is 1.77 bits per heavy atom. The Hall–Kier alpha value is -3.39. The number of benzene rings is 2. The SMILES string of the molecule is Cc1cc(C(=O)N2CCCCC2)ccc1COc1c(C)cccc1-c1csc(N2CC3CC[C@@H](C2)[C@H]3C(=O)O)n1. The van der Waals surface area contributed by atoms with E-state index in [1.54, 1.807) is 11.3 Å². The Bertz CT molecular complexity index is 1400. The molecule has 1 aromatic heterocycles. The van der Waals surface area contributed by atoms with E-state index in [-0.39, 0.29) is 23.7 Å². The van der Waals surface area contributed by atoms with Crippen LogP contribution in [0.25, 0.3) is 11.3 Å². The zero-order valence-electron chi connectivity index (χ0n) is 23.3. The largest absolute Gasteiger partial charge is 0.488 e. The van der Waals surface area contributed by atoms with Gasteiger partial charge in [-0.25, -0.2) is 4.98 Å². The second-order valence-corrected chi connectivity index (χ2v) is 12.5. The lowest BCUT2D eigenvalue weighted by Crippen LogP contribution is -2.44. The molecule has 1 unspecified atom stereocenters. The number of carboxylic acids is 1. The van der Waals surface area contributed by atoms with Crippen LogP contribution in [0, 0.1) is 31.6 Å². The predicted molar refractivity (Wildman–Crippen MR) is 157 cm³/mol. The standard InChI is InChI=1S/C32H37N3O4S/c1-20-7-6-8-26(27-19-40-32(33-27)35-16-23-10-11-24(17-35)28(23)31(37)38)29(20)39-18-25-12-9-22(15-21(25)2)30(36)34-13-4-3-5-14-34/h6-9,12,15,19,23-24,28H,3-5,10-11,13-14,16-18H2,1-2H3,(H,37,38)/t23-,24?,28+/m0/s1. The van der Waals surface area contributed by atoms with Crippen molar-refractivity contribution in [3.63, 3.8) is 0 Å². The number of rotatable bonds is 7. The van der Waals surface area contributed by atoms with Gasteiger partial charge in [-0.3, -0.25) is 9.59 Å². The third-order valence-electron chi connectivity index (χ3n) is 8.97. The number of aliphatic carboxylic acids is 1. The summed E-state index contributed by atoms with van der Waals surface area (Å²) in [6.45, 7) is 7.70. The van der Waals surface area contributed by atoms with Crippen molar-refractivity contribution in [1.82, 2.24) is 9.88 Å². The summed E-state index contributed by atoms with van der Waals surface area (Å²) in [5.74, 6) is 0.477. The molecule has 0 radical (unpaired) electrons. The highest BCUT2D eigenvalue weighted by Gasteiger charge is 2.46. The first-order chi connectivity index (χ1) is 19.4. The molecule has 3 heterocycles. The van der Waals surface area contributed by atoms with Gasteiger partial charge < -0.3 is 19.6 Å². The summed E-state index contributed by atoms with van der Waals surface area (Å²) in [5, 5.41) is 12.7. The van der Waals surface area contributed by atoms with E-state index in [0.29, 0.717) is 6.61 Å². The Balaban J connectivity index is 1.17. The molecule has 1 N–H and O–H groups in total. The summed E-state index contributed by atoms with van der Waals surface area (Å²) in [5.41, 5.74) is 5.73. The van der Waals surface area contributed by atoms with Crippen LogP contribution in [0.2, 0.25) is 0 Å². The number of carbonyl (C=O) groups excluding carboxylic acids is 1. The molecule has 6 rings (SSSR count). The number of aryl methyl sites for hydroxylation is 2. The lowest BCUT2D eigenvalue weighted by molar-refractivity contribution is -0.144. The van der Waals surface area contributed by atoms with Crippen molar-refractivity contribution in [2.24, 2.45) is 17.8 Å². The lowest BCUT2D eigenvalue weighted by atomic mass is 9.85. The number of amides is 1. The molecule has 8 heteroatoms. The maximum absolute atomic E-state index is 12.9. The fourth-order valence-corrected chi connectivity index (χ4v) is 7.63. The Kier molecular flexibility index (Phi) is 7.53. The average molecular weight is 560 g/mol. The summed E-state index contributed by atoms with van der Waals surface area (Å²) >= 11 is 1.62. The minimum Gasteiger partial charge on any atom is -0.488 e. The molecule has 40 heavy (non-hydrogen) atoms. The van der Waals surface area contributed by atoms with Crippen LogP contribution in [0.1, 0.15) is 59.2 Å². The molecule has 1 aliphatic carbocycles. The molecule has 2 saturated heterocycles. The van der Waals surface area contributed by atoms with Crippen LogP contribution in [0.3, 0.4) is 0 Å². The van der Waals surface area contributed by atoms with E-state index >= 15 is 0 Å². The van der Waals surface area contributed by atoms with Gasteiger partial charge in [-0.15, -0.1) is 11.3 Å². The molecule has 2 aliphatic heterocycles. The van der Waals surface area contributed by atoms with Crippen LogP contribution in [-0.4, -0.2) is 53.0 Å². The smallest absolute Gasteiger partial charge is 0.307 e. The second-order valence-electron chi connectivity index (χ2n) is 11.6. The number of fused-ring (bicyclic) bond motifs is 2. The number of likely N-dealkylation sites (tertiary alicyclic amines) is 1. The highest BCUT2D eigenvalue weighted by molar-refractivity contribution is 7.14. The Labute approximate surface area is 239 Å². The van der Waals surface area contributed by atoms with Gasteiger partial charge in [0.05, 0.1) is 11.6 Å². The van der Waals surface area contributed by atoms with Crippen molar-refractivity contribution < 1.29 is 19.4 Å². The second kappa shape index (κ2) is 11.2. The molecule has 1 saturated carbocycles. The summed E-state index contributed by atoms with van der Waals surface area (Å²) in [6, 6.07) is 12.1. The van der Waals surface area contributed by atoms with Gasteiger partial charge in [0.25, 0.3) is 5.91 Å². The molecule has 3 aliphatic rings. The van der Waals surface area contributed by atoms with E-state index < -0.39 is 5.97 Å². The van der Waals surface area contributed by atoms with E-state index in [2.05, 4.69) is 16.3 Å². The van der Waals surface area contributed by atoms with Gasteiger partial charge in [0.15, 0.2) is 5.13 Å². The average Bonchev–Trinajstić information content (AvgIpc) is 3.55. The zero-order valence-corrected chi connectivity index (χ0v) is 24.1. The van der Waals surface area contributed by atoms with E-state index in [1.807, 2.05) is 49.1 Å². The van der Waals surface area contributed by atoms with E-state index in [4.69, 9.17) is 9.72 Å². The number of nitrogens with zero attached hydrogens (tertiary/aromatic N) is 3. The number of hydrogen-bond donors (Lipinski definition) is 1. The van der Waals surface area contributed by atoms with Gasteiger partial charge in [0, 0.05) is 42.7 Å². The number of ether oxygens (including phenoxy) is 1. The van der Waals surface area contributed by atoms with Crippen molar-refractivity contribution in [2.75, 3.05) is 31.1 Å². The van der Waals surface area contributed by atoms with Gasteiger partial charge in [-0.05, 0) is 92.7 Å². The predicted octanol–water partition coefficient (Wildman–Crippen LogP) is 6.18. The van der Waals surface area contributed by atoms with E-state index in [1.165, 1.54) is 6.42 Å². The van der Waals surface area contributed by atoms with Crippen LogP contribution in [0.4, 0.5) is 5.13 Å². The number of carbonyl (C=O) groups is 2. The minimum atomic E-state index is -0.646. The molecule has 210 valence electrons. The molecule has 3 fully saturated rings. The first kappa shape index (κ1) is 26.8. The van der Waals surface area contributed by atoms with Crippen molar-refractivity contribution in [2.45, 2.75) is 52.6 Å². The van der Waals surface area contributed by atoms with Crippen LogP contribution in [0.15, 0.2) is 41.8 Å².